The van der Waals surface area contributed by atoms with Crippen LogP contribution in [-0.4, -0.2) is 34.3 Å². The molecule has 1 aliphatic heterocycles. The van der Waals surface area contributed by atoms with Crippen molar-refractivity contribution < 1.29 is 18.4 Å². The van der Waals surface area contributed by atoms with Gasteiger partial charge in [0.05, 0.1) is 11.6 Å². The highest BCUT2D eigenvalue weighted by Gasteiger charge is 2.38. The Morgan fingerprint density at radius 2 is 2.00 bits per heavy atom. The molecule has 2 fully saturated rings. The van der Waals surface area contributed by atoms with Crippen LogP contribution in [0.15, 0.2) is 23.6 Å². The fraction of sp³-hybridized carbons (Fsp3) is 0.421. The molecule has 1 aromatic heterocycles. The monoisotopic (exact) mass is 391 g/mol. The van der Waals surface area contributed by atoms with Crippen LogP contribution in [-0.2, 0) is 9.59 Å². The van der Waals surface area contributed by atoms with Gasteiger partial charge < -0.3 is 10.2 Å². The zero-order chi connectivity index (χ0) is 19.0. The van der Waals surface area contributed by atoms with E-state index in [0.717, 1.165) is 37.8 Å². The van der Waals surface area contributed by atoms with Gasteiger partial charge in [-0.05, 0) is 31.0 Å². The molecule has 1 saturated heterocycles. The summed E-state index contributed by atoms with van der Waals surface area (Å²) < 4.78 is 26.4. The zero-order valence-electron chi connectivity index (χ0n) is 14.6. The minimum Gasteiger partial charge on any atom is -0.339 e. The van der Waals surface area contributed by atoms with Gasteiger partial charge in [0.25, 0.3) is 0 Å². The molecule has 1 N–H and O–H groups in total. The molecule has 2 aromatic rings. The highest BCUT2D eigenvalue weighted by molar-refractivity contribution is 7.14. The quantitative estimate of drug-likeness (QED) is 0.862. The number of nitrogens with zero attached hydrogens (tertiary/aromatic N) is 2. The molecule has 0 spiro atoms. The molecule has 2 aliphatic rings. The SMILES string of the molecule is O=C(Nc1nc(-c2ccc(F)c(F)c2)cs1)[C@@H]1CC(=O)N(C2CCCC2)C1. The van der Waals surface area contributed by atoms with E-state index in [-0.39, 0.29) is 30.2 Å². The molecule has 142 valence electrons. The standard InChI is InChI=1S/C19H19F2N3O2S/c20-14-6-5-11(7-15(14)21)16-10-27-19(22-16)23-18(26)12-8-17(25)24(9-12)13-3-1-2-4-13/h5-7,10,12-13H,1-4,8-9H2,(H,22,23,26)/t12-/m1/s1. The maximum Gasteiger partial charge on any atom is 0.231 e. The molecule has 2 heterocycles. The van der Waals surface area contributed by atoms with Crippen LogP contribution in [0.4, 0.5) is 13.9 Å². The third-order valence-corrected chi connectivity index (χ3v) is 6.00. The Bertz CT molecular complexity index is 880. The summed E-state index contributed by atoms with van der Waals surface area (Å²) in [7, 11) is 0. The molecule has 1 aliphatic carbocycles. The number of anilines is 1. The minimum absolute atomic E-state index is 0.0451. The van der Waals surface area contributed by atoms with Gasteiger partial charge in [-0.15, -0.1) is 11.3 Å². The molecule has 27 heavy (non-hydrogen) atoms. The Labute approximate surface area is 159 Å². The molecule has 5 nitrogen and oxygen atoms in total. The minimum atomic E-state index is -0.942. The first kappa shape index (κ1) is 18.0. The Morgan fingerprint density at radius 3 is 2.74 bits per heavy atom. The largest absolute Gasteiger partial charge is 0.339 e. The Balaban J connectivity index is 1.41. The normalized spacial score (nSPS) is 20.4. The van der Waals surface area contributed by atoms with Gasteiger partial charge in [0.2, 0.25) is 11.8 Å². The number of hydrogen-bond acceptors (Lipinski definition) is 4. The van der Waals surface area contributed by atoms with Gasteiger partial charge in [0, 0.05) is 30.0 Å². The zero-order valence-corrected chi connectivity index (χ0v) is 15.4. The molecule has 0 bridgehead atoms. The maximum absolute atomic E-state index is 13.4. The molecular formula is C19H19F2N3O2S. The number of amides is 2. The van der Waals surface area contributed by atoms with Crippen LogP contribution in [0.2, 0.25) is 0 Å². The number of nitrogens with one attached hydrogen (secondary N) is 1. The third kappa shape index (κ3) is 3.71. The van der Waals surface area contributed by atoms with E-state index in [1.807, 2.05) is 4.90 Å². The van der Waals surface area contributed by atoms with Crippen molar-refractivity contribution in [3.05, 3.63) is 35.2 Å². The van der Waals surface area contributed by atoms with E-state index in [9.17, 15) is 18.4 Å². The summed E-state index contributed by atoms with van der Waals surface area (Å²) in [6.07, 6.45) is 4.53. The highest BCUT2D eigenvalue weighted by Crippen LogP contribution is 2.31. The van der Waals surface area contributed by atoms with Crippen LogP contribution < -0.4 is 5.32 Å². The van der Waals surface area contributed by atoms with Gasteiger partial charge >= 0.3 is 0 Å². The summed E-state index contributed by atoms with van der Waals surface area (Å²) in [6.45, 7) is 0.455. The lowest BCUT2D eigenvalue weighted by Crippen LogP contribution is -2.35. The van der Waals surface area contributed by atoms with Crippen LogP contribution in [0, 0.1) is 17.6 Å². The summed E-state index contributed by atoms with van der Waals surface area (Å²) >= 11 is 1.21. The maximum atomic E-state index is 13.4. The number of carbonyl (C=O) groups is 2. The fourth-order valence-corrected chi connectivity index (χ4v) is 4.53. The molecule has 1 atom stereocenters. The number of carbonyl (C=O) groups excluding carboxylic acids is 2. The predicted octanol–water partition coefficient (Wildman–Crippen LogP) is 3.82. The Morgan fingerprint density at radius 1 is 1.22 bits per heavy atom. The van der Waals surface area contributed by atoms with Crippen molar-refractivity contribution in [2.45, 2.75) is 38.1 Å². The average molecular weight is 391 g/mol. The van der Waals surface area contributed by atoms with E-state index in [4.69, 9.17) is 0 Å². The first-order valence-electron chi connectivity index (χ1n) is 9.02. The van der Waals surface area contributed by atoms with Gasteiger partial charge in [-0.2, -0.15) is 0 Å². The number of halogens is 2. The second-order valence-electron chi connectivity index (χ2n) is 7.04. The van der Waals surface area contributed by atoms with Gasteiger partial charge in [-0.3, -0.25) is 9.59 Å². The second kappa shape index (κ2) is 7.34. The Hall–Kier alpha value is -2.35. The average Bonchev–Trinajstić information content (AvgIpc) is 3.37. The lowest BCUT2D eigenvalue weighted by Gasteiger charge is -2.23. The van der Waals surface area contributed by atoms with E-state index < -0.39 is 11.6 Å². The number of likely N-dealkylation sites (tertiary alicyclic amines) is 1. The third-order valence-electron chi connectivity index (χ3n) is 5.24. The van der Waals surface area contributed by atoms with Crippen molar-refractivity contribution in [3.63, 3.8) is 0 Å². The number of rotatable bonds is 4. The van der Waals surface area contributed by atoms with Crippen molar-refractivity contribution in [1.29, 1.82) is 0 Å². The van der Waals surface area contributed by atoms with Crippen LogP contribution in [0.1, 0.15) is 32.1 Å². The van der Waals surface area contributed by atoms with E-state index in [1.54, 1.807) is 5.38 Å². The van der Waals surface area contributed by atoms with Crippen LogP contribution in [0.3, 0.4) is 0 Å². The smallest absolute Gasteiger partial charge is 0.231 e. The molecule has 1 saturated carbocycles. The summed E-state index contributed by atoms with van der Waals surface area (Å²) in [5.41, 5.74) is 0.901. The van der Waals surface area contributed by atoms with Crippen molar-refractivity contribution >= 4 is 28.3 Å². The first-order valence-corrected chi connectivity index (χ1v) is 9.90. The summed E-state index contributed by atoms with van der Waals surface area (Å²) in [4.78, 5) is 30.9. The van der Waals surface area contributed by atoms with Crippen molar-refractivity contribution in [2.75, 3.05) is 11.9 Å². The van der Waals surface area contributed by atoms with Gasteiger partial charge in [-0.25, -0.2) is 13.8 Å². The van der Waals surface area contributed by atoms with Crippen molar-refractivity contribution in [3.8, 4) is 11.3 Å². The molecule has 8 heteroatoms. The highest BCUT2D eigenvalue weighted by atomic mass is 32.1. The van der Waals surface area contributed by atoms with Crippen molar-refractivity contribution in [2.24, 2.45) is 5.92 Å². The van der Waals surface area contributed by atoms with E-state index in [0.29, 0.717) is 22.9 Å². The molecule has 2 amide bonds. The number of aromatic nitrogens is 1. The molecule has 4 rings (SSSR count). The van der Waals surface area contributed by atoms with Gasteiger partial charge in [0.15, 0.2) is 16.8 Å². The summed E-state index contributed by atoms with van der Waals surface area (Å²) in [5, 5.41) is 4.81. The number of hydrogen-bond donors (Lipinski definition) is 1. The van der Waals surface area contributed by atoms with Crippen LogP contribution in [0.5, 0.6) is 0 Å². The van der Waals surface area contributed by atoms with Gasteiger partial charge in [-0.1, -0.05) is 12.8 Å². The summed E-state index contributed by atoms with van der Waals surface area (Å²) in [5.74, 6) is -2.42. The molecular weight excluding hydrogens is 372 g/mol. The second-order valence-corrected chi connectivity index (χ2v) is 7.90. The summed E-state index contributed by atoms with van der Waals surface area (Å²) in [6, 6.07) is 3.83. The van der Waals surface area contributed by atoms with E-state index >= 15 is 0 Å². The molecule has 0 unspecified atom stereocenters. The molecule has 0 radical (unpaired) electrons. The Kier molecular flexibility index (Phi) is 4.90. The lowest BCUT2D eigenvalue weighted by molar-refractivity contribution is -0.129. The predicted molar refractivity (Wildman–Crippen MR) is 98.2 cm³/mol. The van der Waals surface area contributed by atoms with Crippen molar-refractivity contribution in [1.82, 2.24) is 9.88 Å². The fourth-order valence-electron chi connectivity index (χ4n) is 3.80. The van der Waals surface area contributed by atoms with Crippen LogP contribution >= 0.6 is 11.3 Å². The van der Waals surface area contributed by atoms with E-state index in [2.05, 4.69) is 10.3 Å². The lowest BCUT2D eigenvalue weighted by atomic mass is 10.1. The molecule has 1 aromatic carbocycles. The van der Waals surface area contributed by atoms with E-state index in [1.165, 1.54) is 17.4 Å². The topological polar surface area (TPSA) is 62.3 Å². The van der Waals surface area contributed by atoms with Gasteiger partial charge in [0.1, 0.15) is 0 Å². The van der Waals surface area contributed by atoms with Crippen LogP contribution in [0.25, 0.3) is 11.3 Å². The number of benzene rings is 1. The number of thiazole rings is 1. The first-order chi connectivity index (χ1) is 13.0.